The highest BCUT2D eigenvalue weighted by atomic mass is 16.1. The number of benzene rings is 2. The lowest BCUT2D eigenvalue weighted by Crippen LogP contribution is -2.53. The fourth-order valence-corrected chi connectivity index (χ4v) is 4.31. The molecule has 2 aromatic heterocycles. The zero-order valence-electron chi connectivity index (χ0n) is 17.6. The van der Waals surface area contributed by atoms with Gasteiger partial charge in [-0.1, -0.05) is 55.5 Å². The second-order valence-electron chi connectivity index (χ2n) is 7.98. The Morgan fingerprint density at radius 1 is 1.03 bits per heavy atom. The first-order chi connectivity index (χ1) is 15.2. The van der Waals surface area contributed by atoms with Crippen LogP contribution in [0, 0.1) is 0 Å². The Balaban J connectivity index is 1.42. The Hall–Kier alpha value is -3.45. The van der Waals surface area contributed by atoms with E-state index in [-0.39, 0.29) is 5.56 Å². The minimum absolute atomic E-state index is 0.151. The predicted octanol–water partition coefficient (Wildman–Crippen LogP) is 3.21. The van der Waals surface area contributed by atoms with Gasteiger partial charge in [0.1, 0.15) is 5.39 Å². The van der Waals surface area contributed by atoms with Crippen LogP contribution in [0.1, 0.15) is 18.9 Å². The number of fused-ring (bicyclic) bond motifs is 1. The van der Waals surface area contributed by atoms with Gasteiger partial charge in [-0.25, -0.2) is 4.68 Å². The minimum atomic E-state index is -0.151. The number of nitrogens with one attached hydrogen (secondary N) is 1. The van der Waals surface area contributed by atoms with Gasteiger partial charge in [0.2, 0.25) is 5.95 Å². The molecular formula is C24H26N6O. The molecule has 0 amide bonds. The first-order valence-corrected chi connectivity index (χ1v) is 10.8. The maximum absolute atomic E-state index is 12.8. The third-order valence-corrected chi connectivity index (χ3v) is 6.03. The van der Waals surface area contributed by atoms with E-state index in [1.54, 1.807) is 10.9 Å². The van der Waals surface area contributed by atoms with Crippen LogP contribution in [0.5, 0.6) is 0 Å². The highest BCUT2D eigenvalue weighted by molar-refractivity contribution is 5.76. The number of H-pyrrole nitrogens is 1. The van der Waals surface area contributed by atoms with Crippen molar-refractivity contribution < 1.29 is 0 Å². The normalized spacial score (nSPS) is 17.3. The first-order valence-electron chi connectivity index (χ1n) is 10.8. The second-order valence-corrected chi connectivity index (χ2v) is 7.98. The molecule has 0 spiro atoms. The highest BCUT2D eigenvalue weighted by Crippen LogP contribution is 2.21. The van der Waals surface area contributed by atoms with Crippen molar-refractivity contribution in [2.45, 2.75) is 25.9 Å². The van der Waals surface area contributed by atoms with Gasteiger partial charge in [0.05, 0.1) is 11.9 Å². The molecule has 1 atom stereocenters. The molecule has 1 unspecified atom stereocenters. The molecule has 1 aliphatic heterocycles. The average molecular weight is 415 g/mol. The molecule has 3 heterocycles. The summed E-state index contributed by atoms with van der Waals surface area (Å²) in [5, 5.41) is 4.91. The fourth-order valence-electron chi connectivity index (χ4n) is 4.31. The van der Waals surface area contributed by atoms with Gasteiger partial charge in [-0.2, -0.15) is 10.1 Å². The van der Waals surface area contributed by atoms with Crippen molar-refractivity contribution >= 4 is 17.0 Å². The molecule has 2 aromatic carbocycles. The summed E-state index contributed by atoms with van der Waals surface area (Å²) in [4.78, 5) is 25.3. The standard InChI is InChI=1S/C24H26N6O/c1-2-19-17-29(14-13-28(19)16-18-9-5-3-6-10-18)24-26-22-21(23(31)27-24)15-25-30(22)20-11-7-4-8-12-20/h3-12,15,19H,2,13-14,16-17H2,1H3,(H,26,27,31). The van der Waals surface area contributed by atoms with Crippen LogP contribution in [0.2, 0.25) is 0 Å². The predicted molar refractivity (Wildman–Crippen MR) is 123 cm³/mol. The van der Waals surface area contributed by atoms with Gasteiger partial charge in [-0.15, -0.1) is 0 Å². The van der Waals surface area contributed by atoms with Gasteiger partial charge in [0.25, 0.3) is 5.56 Å². The van der Waals surface area contributed by atoms with Crippen molar-refractivity contribution in [3.63, 3.8) is 0 Å². The molecule has 7 nitrogen and oxygen atoms in total. The zero-order chi connectivity index (χ0) is 21.2. The maximum atomic E-state index is 12.8. The van der Waals surface area contributed by atoms with Crippen LogP contribution in [-0.2, 0) is 6.54 Å². The minimum Gasteiger partial charge on any atom is -0.339 e. The third-order valence-electron chi connectivity index (χ3n) is 6.03. The van der Waals surface area contributed by atoms with Crippen molar-refractivity contribution in [3.8, 4) is 5.69 Å². The van der Waals surface area contributed by atoms with Crippen LogP contribution in [-0.4, -0.2) is 50.3 Å². The lowest BCUT2D eigenvalue weighted by molar-refractivity contribution is 0.163. The second kappa shape index (κ2) is 8.35. The van der Waals surface area contributed by atoms with Crippen molar-refractivity contribution in [3.05, 3.63) is 82.8 Å². The van der Waals surface area contributed by atoms with Gasteiger partial charge < -0.3 is 4.90 Å². The van der Waals surface area contributed by atoms with E-state index in [0.717, 1.165) is 38.3 Å². The maximum Gasteiger partial charge on any atom is 0.263 e. The Labute approximate surface area is 181 Å². The summed E-state index contributed by atoms with van der Waals surface area (Å²) < 4.78 is 1.73. The number of hydrogen-bond donors (Lipinski definition) is 1. The van der Waals surface area contributed by atoms with Crippen molar-refractivity contribution in [1.82, 2.24) is 24.6 Å². The topological polar surface area (TPSA) is 70.0 Å². The van der Waals surface area contributed by atoms with E-state index in [9.17, 15) is 4.79 Å². The molecule has 0 saturated carbocycles. The van der Waals surface area contributed by atoms with Gasteiger partial charge in [-0.3, -0.25) is 14.7 Å². The van der Waals surface area contributed by atoms with Crippen LogP contribution in [0.4, 0.5) is 5.95 Å². The number of para-hydroxylation sites is 1. The van der Waals surface area contributed by atoms with Crippen molar-refractivity contribution in [1.29, 1.82) is 0 Å². The Bertz CT molecular complexity index is 1220. The molecule has 158 valence electrons. The number of aromatic nitrogens is 4. The molecule has 31 heavy (non-hydrogen) atoms. The average Bonchev–Trinajstić information content (AvgIpc) is 3.25. The van der Waals surface area contributed by atoms with E-state index in [1.165, 1.54) is 5.56 Å². The number of piperazine rings is 1. The van der Waals surface area contributed by atoms with Crippen LogP contribution in [0.25, 0.3) is 16.7 Å². The van der Waals surface area contributed by atoms with E-state index in [4.69, 9.17) is 4.98 Å². The van der Waals surface area contributed by atoms with Crippen LogP contribution >= 0.6 is 0 Å². The molecule has 0 aliphatic carbocycles. The Morgan fingerprint density at radius 3 is 2.52 bits per heavy atom. The van der Waals surface area contributed by atoms with Crippen LogP contribution < -0.4 is 10.5 Å². The van der Waals surface area contributed by atoms with E-state index >= 15 is 0 Å². The number of rotatable bonds is 5. The molecular weight excluding hydrogens is 388 g/mol. The SMILES string of the molecule is CCC1CN(c2nc3c(cnn3-c3ccccc3)c(=O)[nH]2)CCN1Cc1ccccc1. The summed E-state index contributed by atoms with van der Waals surface area (Å²) in [5.74, 6) is 0.619. The number of anilines is 1. The Morgan fingerprint density at radius 2 is 1.77 bits per heavy atom. The summed E-state index contributed by atoms with van der Waals surface area (Å²) in [6.07, 6.45) is 2.63. The largest absolute Gasteiger partial charge is 0.339 e. The third kappa shape index (κ3) is 3.84. The van der Waals surface area contributed by atoms with Gasteiger partial charge >= 0.3 is 0 Å². The summed E-state index contributed by atoms with van der Waals surface area (Å²) in [5.41, 5.74) is 2.65. The lowest BCUT2D eigenvalue weighted by atomic mass is 10.1. The molecule has 1 saturated heterocycles. The highest BCUT2D eigenvalue weighted by Gasteiger charge is 2.27. The quantitative estimate of drug-likeness (QED) is 0.543. The summed E-state index contributed by atoms with van der Waals surface area (Å²) >= 11 is 0. The van der Waals surface area contributed by atoms with Crippen molar-refractivity contribution in [2.75, 3.05) is 24.5 Å². The molecule has 1 fully saturated rings. The molecule has 5 rings (SSSR count). The molecule has 1 aliphatic rings. The smallest absolute Gasteiger partial charge is 0.263 e. The van der Waals surface area contributed by atoms with Crippen LogP contribution in [0.3, 0.4) is 0 Å². The van der Waals surface area contributed by atoms with E-state index in [2.05, 4.69) is 57.1 Å². The molecule has 1 N–H and O–H groups in total. The van der Waals surface area contributed by atoms with E-state index < -0.39 is 0 Å². The summed E-state index contributed by atoms with van der Waals surface area (Å²) in [7, 11) is 0. The summed E-state index contributed by atoms with van der Waals surface area (Å²) in [6.45, 7) is 5.73. The van der Waals surface area contributed by atoms with Crippen molar-refractivity contribution in [2.24, 2.45) is 0 Å². The zero-order valence-corrected chi connectivity index (χ0v) is 17.6. The molecule has 7 heteroatoms. The molecule has 0 bridgehead atoms. The van der Waals surface area contributed by atoms with Gasteiger partial charge in [0.15, 0.2) is 5.65 Å². The van der Waals surface area contributed by atoms with Gasteiger partial charge in [-0.05, 0) is 24.1 Å². The molecule has 4 aromatic rings. The number of aromatic amines is 1. The van der Waals surface area contributed by atoms with E-state index in [0.29, 0.717) is 23.0 Å². The lowest BCUT2D eigenvalue weighted by Gasteiger charge is -2.41. The van der Waals surface area contributed by atoms with Crippen LogP contribution in [0.15, 0.2) is 71.7 Å². The Kier molecular flexibility index (Phi) is 5.26. The monoisotopic (exact) mass is 414 g/mol. The number of hydrogen-bond acceptors (Lipinski definition) is 5. The van der Waals surface area contributed by atoms with Gasteiger partial charge in [0, 0.05) is 32.2 Å². The molecule has 0 radical (unpaired) electrons. The number of nitrogens with zero attached hydrogens (tertiary/aromatic N) is 5. The van der Waals surface area contributed by atoms with E-state index in [1.807, 2.05) is 30.3 Å². The summed E-state index contributed by atoms with van der Waals surface area (Å²) in [6, 6.07) is 20.8. The fraction of sp³-hybridized carbons (Fsp3) is 0.292. The first kappa shape index (κ1) is 19.5.